The quantitative estimate of drug-likeness (QED) is 0.333. The molecular formula is C26H22F4N2O3S. The first-order valence-corrected chi connectivity index (χ1v) is 12.3. The second-order valence-electron chi connectivity index (χ2n) is 8.57. The van der Waals surface area contributed by atoms with Gasteiger partial charge in [-0.3, -0.25) is 4.79 Å². The van der Waals surface area contributed by atoms with Gasteiger partial charge in [-0.05, 0) is 90.5 Å². The maximum Gasteiger partial charge on any atom is 0.416 e. The van der Waals surface area contributed by atoms with Crippen molar-refractivity contribution in [2.45, 2.75) is 38.0 Å². The minimum absolute atomic E-state index is 0.156. The normalized spacial score (nSPS) is 12.4. The van der Waals surface area contributed by atoms with Gasteiger partial charge in [-0.15, -0.1) is 0 Å². The Morgan fingerprint density at radius 2 is 1.47 bits per heavy atom. The van der Waals surface area contributed by atoms with Crippen LogP contribution in [0.1, 0.15) is 27.8 Å². The van der Waals surface area contributed by atoms with Crippen molar-refractivity contribution in [3.05, 3.63) is 111 Å². The van der Waals surface area contributed by atoms with Crippen molar-refractivity contribution < 1.29 is 26.0 Å². The van der Waals surface area contributed by atoms with Gasteiger partial charge < -0.3 is 4.98 Å². The van der Waals surface area contributed by atoms with Gasteiger partial charge in [0.15, 0.2) is 0 Å². The van der Waals surface area contributed by atoms with Crippen LogP contribution in [-0.4, -0.2) is 17.7 Å². The van der Waals surface area contributed by atoms with Gasteiger partial charge in [0.2, 0.25) is 10.0 Å². The van der Waals surface area contributed by atoms with E-state index in [-0.39, 0.29) is 23.5 Å². The Labute approximate surface area is 205 Å². The molecule has 1 N–H and O–H groups in total. The number of fused-ring (bicyclic) bond motifs is 1. The lowest BCUT2D eigenvalue weighted by molar-refractivity contribution is -0.137. The highest BCUT2D eigenvalue weighted by atomic mass is 32.2. The van der Waals surface area contributed by atoms with E-state index in [1.54, 1.807) is 6.07 Å². The van der Waals surface area contributed by atoms with Gasteiger partial charge in [0.25, 0.3) is 5.56 Å². The fourth-order valence-corrected chi connectivity index (χ4v) is 5.22. The molecule has 0 atom stereocenters. The predicted molar refractivity (Wildman–Crippen MR) is 128 cm³/mol. The van der Waals surface area contributed by atoms with Crippen LogP contribution in [0, 0.1) is 19.7 Å². The van der Waals surface area contributed by atoms with Crippen LogP contribution >= 0.6 is 0 Å². The SMILES string of the molecule is Cc1cc2cc(CN(Cc3ccc(F)cc3)S(=O)(=O)c3ccc(C(F)(F)F)cc3)c(=O)[nH]c2cc1C. The molecule has 0 fully saturated rings. The van der Waals surface area contributed by atoms with E-state index >= 15 is 0 Å². The molecule has 0 unspecified atom stereocenters. The highest BCUT2D eigenvalue weighted by Gasteiger charge is 2.32. The summed E-state index contributed by atoms with van der Waals surface area (Å²) in [5.74, 6) is -0.507. The van der Waals surface area contributed by atoms with Gasteiger partial charge in [-0.2, -0.15) is 17.5 Å². The van der Waals surface area contributed by atoms with Gasteiger partial charge in [0.05, 0.1) is 10.5 Å². The zero-order chi connectivity index (χ0) is 26.3. The van der Waals surface area contributed by atoms with Crippen molar-refractivity contribution in [1.82, 2.24) is 9.29 Å². The largest absolute Gasteiger partial charge is 0.416 e. The van der Waals surface area contributed by atoms with Crippen LogP contribution in [0.5, 0.6) is 0 Å². The Hall–Kier alpha value is -3.50. The highest BCUT2D eigenvalue weighted by Crippen LogP contribution is 2.31. The van der Waals surface area contributed by atoms with E-state index in [9.17, 15) is 30.8 Å². The molecule has 0 saturated carbocycles. The maximum atomic E-state index is 13.5. The summed E-state index contributed by atoms with van der Waals surface area (Å²) < 4.78 is 80.3. The molecule has 4 aromatic rings. The number of nitrogens with zero attached hydrogens (tertiary/aromatic N) is 1. The molecule has 188 valence electrons. The molecule has 1 aromatic heterocycles. The number of aromatic nitrogens is 1. The molecule has 1 heterocycles. The summed E-state index contributed by atoms with van der Waals surface area (Å²) in [5, 5.41) is 0.710. The van der Waals surface area contributed by atoms with E-state index < -0.39 is 33.1 Å². The van der Waals surface area contributed by atoms with E-state index in [1.807, 2.05) is 26.0 Å². The predicted octanol–water partition coefficient (Wildman–Crippen LogP) is 5.69. The first-order valence-electron chi connectivity index (χ1n) is 10.9. The summed E-state index contributed by atoms with van der Waals surface area (Å²) in [6.45, 7) is 3.24. The molecule has 36 heavy (non-hydrogen) atoms. The monoisotopic (exact) mass is 518 g/mol. The number of benzene rings is 3. The van der Waals surface area contributed by atoms with Crippen molar-refractivity contribution in [3.63, 3.8) is 0 Å². The lowest BCUT2D eigenvalue weighted by atomic mass is 10.0. The highest BCUT2D eigenvalue weighted by molar-refractivity contribution is 7.89. The first kappa shape index (κ1) is 25.6. The standard InChI is InChI=1S/C26H22F4N2O3S/c1-16-11-19-13-20(25(33)31-24(19)12-17(16)2)15-32(14-18-3-7-22(27)8-4-18)36(34,35)23-9-5-21(6-10-23)26(28,29)30/h3-13H,14-15H2,1-2H3,(H,31,33). The average molecular weight is 519 g/mol. The Morgan fingerprint density at radius 1 is 0.861 bits per heavy atom. The number of nitrogens with one attached hydrogen (secondary N) is 1. The van der Waals surface area contributed by atoms with Crippen molar-refractivity contribution >= 4 is 20.9 Å². The smallest absolute Gasteiger partial charge is 0.322 e. The van der Waals surface area contributed by atoms with Crippen LogP contribution in [-0.2, 0) is 29.3 Å². The van der Waals surface area contributed by atoms with Crippen molar-refractivity contribution in [3.8, 4) is 0 Å². The zero-order valence-electron chi connectivity index (χ0n) is 19.4. The first-order chi connectivity index (χ1) is 16.8. The average Bonchev–Trinajstić information content (AvgIpc) is 2.81. The summed E-state index contributed by atoms with van der Waals surface area (Å²) in [7, 11) is -4.34. The number of hydrogen-bond acceptors (Lipinski definition) is 3. The molecule has 0 aliphatic carbocycles. The van der Waals surface area contributed by atoms with E-state index in [1.165, 1.54) is 24.3 Å². The van der Waals surface area contributed by atoms with Gasteiger partial charge in [-0.25, -0.2) is 12.8 Å². The summed E-state index contributed by atoms with van der Waals surface area (Å²) in [4.78, 5) is 15.2. The van der Waals surface area contributed by atoms with Crippen LogP contribution in [0.4, 0.5) is 17.6 Å². The van der Waals surface area contributed by atoms with Crippen LogP contribution < -0.4 is 5.56 Å². The molecule has 3 aromatic carbocycles. The Balaban J connectivity index is 1.77. The van der Waals surface area contributed by atoms with Crippen molar-refractivity contribution in [2.24, 2.45) is 0 Å². The summed E-state index contributed by atoms with van der Waals surface area (Å²) in [6, 6.07) is 13.6. The number of aryl methyl sites for hydroxylation is 2. The maximum absolute atomic E-state index is 13.5. The fourth-order valence-electron chi connectivity index (χ4n) is 3.81. The van der Waals surface area contributed by atoms with Crippen LogP contribution in [0.15, 0.2) is 76.4 Å². The third-order valence-corrected chi connectivity index (χ3v) is 7.78. The molecule has 10 heteroatoms. The second kappa shape index (κ2) is 9.51. The topological polar surface area (TPSA) is 70.2 Å². The molecule has 4 rings (SSSR count). The zero-order valence-corrected chi connectivity index (χ0v) is 20.2. The molecule has 0 radical (unpaired) electrons. The number of rotatable bonds is 6. The fraction of sp³-hybridized carbons (Fsp3) is 0.192. The minimum Gasteiger partial charge on any atom is -0.322 e. The number of sulfonamides is 1. The number of aromatic amines is 1. The number of hydrogen-bond donors (Lipinski definition) is 1. The summed E-state index contributed by atoms with van der Waals surface area (Å²) >= 11 is 0. The molecule has 0 spiro atoms. The second-order valence-corrected chi connectivity index (χ2v) is 10.5. The Morgan fingerprint density at radius 3 is 2.08 bits per heavy atom. The third-order valence-electron chi connectivity index (χ3n) is 5.97. The van der Waals surface area contributed by atoms with Gasteiger partial charge in [0.1, 0.15) is 5.82 Å². The van der Waals surface area contributed by atoms with E-state index in [2.05, 4.69) is 4.98 Å². The lowest BCUT2D eigenvalue weighted by Crippen LogP contribution is -2.32. The third kappa shape index (κ3) is 5.34. The Kier molecular flexibility index (Phi) is 6.76. The molecule has 0 aliphatic heterocycles. The van der Waals surface area contributed by atoms with Gasteiger partial charge >= 0.3 is 6.18 Å². The van der Waals surface area contributed by atoms with Crippen LogP contribution in [0.3, 0.4) is 0 Å². The molecule has 5 nitrogen and oxygen atoms in total. The van der Waals surface area contributed by atoms with Crippen LogP contribution in [0.25, 0.3) is 10.9 Å². The minimum atomic E-state index is -4.62. The molecule has 0 bridgehead atoms. The molecule has 0 amide bonds. The molecule has 0 saturated heterocycles. The number of alkyl halides is 3. The molecular weight excluding hydrogens is 496 g/mol. The lowest BCUT2D eigenvalue weighted by Gasteiger charge is -2.23. The Bertz CT molecular complexity index is 1580. The van der Waals surface area contributed by atoms with Crippen LogP contribution in [0.2, 0.25) is 0 Å². The van der Waals surface area contributed by atoms with E-state index in [0.29, 0.717) is 28.6 Å². The number of halogens is 4. The van der Waals surface area contributed by atoms with Gasteiger partial charge in [-0.1, -0.05) is 12.1 Å². The van der Waals surface area contributed by atoms with Crippen molar-refractivity contribution in [2.75, 3.05) is 0 Å². The van der Waals surface area contributed by atoms with E-state index in [4.69, 9.17) is 0 Å². The molecule has 0 aliphatic rings. The van der Waals surface area contributed by atoms with E-state index in [0.717, 1.165) is 27.6 Å². The number of H-pyrrole nitrogens is 1. The van der Waals surface area contributed by atoms with Crippen molar-refractivity contribution in [1.29, 1.82) is 0 Å². The summed E-state index contributed by atoms with van der Waals surface area (Å²) in [5.41, 5.74) is 1.69. The summed E-state index contributed by atoms with van der Waals surface area (Å²) in [6.07, 6.45) is -4.62. The van der Waals surface area contributed by atoms with Gasteiger partial charge in [0, 0.05) is 24.2 Å². The number of pyridine rings is 1.